The number of fused-ring (bicyclic) bond motifs is 6. The average molecular weight is 579 g/mol. The van der Waals surface area contributed by atoms with Crippen LogP contribution < -0.4 is 5.46 Å². The third-order valence-corrected chi connectivity index (χ3v) is 12.9. The zero-order valence-corrected chi connectivity index (χ0v) is 26.2. The van der Waals surface area contributed by atoms with E-state index in [9.17, 15) is 0 Å². The third kappa shape index (κ3) is 3.21. The van der Waals surface area contributed by atoms with Gasteiger partial charge in [0.05, 0.1) is 11.2 Å². The minimum Gasteiger partial charge on any atom is -0.456 e. The van der Waals surface area contributed by atoms with Gasteiger partial charge in [0.25, 0.3) is 0 Å². The second-order valence-electron chi connectivity index (χ2n) is 15.6. The van der Waals surface area contributed by atoms with Gasteiger partial charge in [0, 0.05) is 16.2 Å². The SMILES string of the molecule is CC1(C)OB(c2ccc3c(c2)oc2cccc(-c4ccc5c(c4)-c4ccccc4C54C5CC6CC(C5)CC4C6)c23)OC1(C)C. The maximum absolute atomic E-state index is 6.51. The van der Waals surface area contributed by atoms with Crippen LogP contribution in [0.25, 0.3) is 44.2 Å². The number of benzene rings is 4. The quantitative estimate of drug-likeness (QED) is 0.196. The van der Waals surface area contributed by atoms with Crippen molar-refractivity contribution in [2.24, 2.45) is 23.7 Å². The van der Waals surface area contributed by atoms with Crippen LogP contribution in [0.3, 0.4) is 0 Å². The summed E-state index contributed by atoms with van der Waals surface area (Å²) in [6.07, 6.45) is 7.14. The van der Waals surface area contributed by atoms with Crippen LogP contribution in [0.15, 0.2) is 83.3 Å². The molecule has 1 aromatic heterocycles. The highest BCUT2D eigenvalue weighted by Crippen LogP contribution is 2.69. The predicted octanol–water partition coefficient (Wildman–Crippen LogP) is 9.27. The highest BCUT2D eigenvalue weighted by Gasteiger charge is 2.61. The molecule has 1 spiro atoms. The molecule has 6 aliphatic rings. The fourth-order valence-electron chi connectivity index (χ4n) is 10.5. The fraction of sp³-hybridized carbons (Fsp3) is 0.400. The van der Waals surface area contributed by atoms with E-state index in [1.165, 1.54) is 59.7 Å². The summed E-state index contributed by atoms with van der Waals surface area (Å²) in [5, 5.41) is 2.31. The molecular weight excluding hydrogens is 539 g/mol. The lowest BCUT2D eigenvalue weighted by Crippen LogP contribution is -2.55. The van der Waals surface area contributed by atoms with Gasteiger partial charge >= 0.3 is 7.12 Å². The summed E-state index contributed by atoms with van der Waals surface area (Å²) in [6.45, 7) is 8.38. The van der Waals surface area contributed by atoms with Crippen molar-refractivity contribution >= 4 is 34.5 Å². The molecule has 4 heteroatoms. The molecule has 1 aliphatic heterocycles. The maximum Gasteiger partial charge on any atom is 0.494 e. The van der Waals surface area contributed by atoms with Crippen molar-refractivity contribution in [3.63, 3.8) is 0 Å². The first-order chi connectivity index (χ1) is 21.2. The zero-order valence-electron chi connectivity index (χ0n) is 26.2. The minimum absolute atomic E-state index is 0.205. The van der Waals surface area contributed by atoms with Crippen LogP contribution in [-0.2, 0) is 14.7 Å². The van der Waals surface area contributed by atoms with Gasteiger partial charge in [-0.05, 0) is 141 Å². The zero-order chi connectivity index (χ0) is 29.6. The van der Waals surface area contributed by atoms with Crippen LogP contribution >= 0.6 is 0 Å². The molecule has 4 saturated carbocycles. The van der Waals surface area contributed by atoms with Gasteiger partial charge in [-0.15, -0.1) is 0 Å². The van der Waals surface area contributed by atoms with Crippen LogP contribution in [-0.4, -0.2) is 18.3 Å². The summed E-state index contributed by atoms with van der Waals surface area (Å²) in [7, 11) is -0.411. The predicted molar refractivity (Wildman–Crippen MR) is 178 cm³/mol. The minimum atomic E-state index is -0.411. The molecule has 220 valence electrons. The van der Waals surface area contributed by atoms with E-state index in [1.54, 1.807) is 11.1 Å². The highest BCUT2D eigenvalue weighted by molar-refractivity contribution is 6.62. The Kier molecular flexibility index (Phi) is 4.99. The first-order valence-corrected chi connectivity index (χ1v) is 16.8. The molecule has 5 aromatic rings. The van der Waals surface area contributed by atoms with Gasteiger partial charge in [-0.1, -0.05) is 60.7 Å². The molecule has 4 aromatic carbocycles. The van der Waals surface area contributed by atoms with E-state index in [0.717, 1.165) is 45.7 Å². The largest absolute Gasteiger partial charge is 0.494 e. The van der Waals surface area contributed by atoms with E-state index in [-0.39, 0.29) is 16.6 Å². The topological polar surface area (TPSA) is 31.6 Å². The molecular formula is C40H39BO3. The van der Waals surface area contributed by atoms with Crippen LogP contribution in [0.1, 0.15) is 70.9 Å². The highest BCUT2D eigenvalue weighted by atomic mass is 16.7. The lowest BCUT2D eigenvalue weighted by molar-refractivity contribution is -0.0399. The van der Waals surface area contributed by atoms with Crippen molar-refractivity contribution in [1.29, 1.82) is 0 Å². The summed E-state index contributed by atoms with van der Waals surface area (Å²) in [5.74, 6) is 3.48. The number of rotatable bonds is 2. The van der Waals surface area contributed by atoms with Gasteiger partial charge in [-0.3, -0.25) is 0 Å². The summed E-state index contributed by atoms with van der Waals surface area (Å²) in [5.41, 5.74) is 10.9. The van der Waals surface area contributed by atoms with Gasteiger partial charge in [0.1, 0.15) is 11.2 Å². The third-order valence-electron chi connectivity index (χ3n) is 12.9. The van der Waals surface area contributed by atoms with Crippen LogP contribution in [0, 0.1) is 23.7 Å². The van der Waals surface area contributed by atoms with Crippen molar-refractivity contribution < 1.29 is 13.7 Å². The lowest BCUT2D eigenvalue weighted by Gasteiger charge is -2.61. The first-order valence-electron chi connectivity index (χ1n) is 16.8. The lowest BCUT2D eigenvalue weighted by atomic mass is 9.43. The summed E-state index contributed by atoms with van der Waals surface area (Å²) in [6, 6.07) is 29.8. The second-order valence-corrected chi connectivity index (χ2v) is 15.6. The molecule has 4 bridgehead atoms. The Labute approximate surface area is 260 Å². The molecule has 0 unspecified atom stereocenters. The summed E-state index contributed by atoms with van der Waals surface area (Å²) in [4.78, 5) is 0. The van der Waals surface area contributed by atoms with Crippen molar-refractivity contribution in [1.82, 2.24) is 0 Å². The van der Waals surface area contributed by atoms with E-state index in [4.69, 9.17) is 13.7 Å². The van der Waals surface area contributed by atoms with Gasteiger partial charge in [0.2, 0.25) is 0 Å². The molecule has 11 rings (SSSR count). The Morgan fingerprint density at radius 2 is 1.30 bits per heavy atom. The molecule has 5 aliphatic carbocycles. The molecule has 1 saturated heterocycles. The van der Waals surface area contributed by atoms with Crippen LogP contribution in [0.4, 0.5) is 0 Å². The maximum atomic E-state index is 6.51. The van der Waals surface area contributed by atoms with Gasteiger partial charge < -0.3 is 13.7 Å². The Morgan fingerprint density at radius 1 is 0.614 bits per heavy atom. The normalized spacial score (nSPS) is 30.5. The smallest absolute Gasteiger partial charge is 0.456 e. The summed E-state index contributed by atoms with van der Waals surface area (Å²) >= 11 is 0. The Morgan fingerprint density at radius 3 is 2.05 bits per heavy atom. The monoisotopic (exact) mass is 578 g/mol. The second kappa shape index (κ2) is 8.47. The first kappa shape index (κ1) is 25.9. The van der Waals surface area contributed by atoms with Crippen molar-refractivity contribution in [3.05, 3.63) is 90.0 Å². The Hall–Kier alpha value is -3.34. The van der Waals surface area contributed by atoms with E-state index in [1.807, 2.05) is 0 Å². The van der Waals surface area contributed by atoms with E-state index in [2.05, 4.69) is 107 Å². The standard InChI is InChI=1S/C40H39BO3/c1-38(2)39(3,4)44-41(43-38)28-13-14-31-36(22-28)42-35-11-7-9-29(37(31)35)25-12-15-34-32(21-25)30-8-5-6-10-33(30)40(34)26-17-23-16-24(19-26)20-27(40)18-23/h5-15,21-24,26-27H,16-20H2,1-4H3. The molecule has 3 nitrogen and oxygen atoms in total. The Bertz CT molecular complexity index is 1970. The number of hydrogen-bond donors (Lipinski definition) is 0. The van der Waals surface area contributed by atoms with Crippen molar-refractivity contribution in [2.45, 2.75) is 76.4 Å². The van der Waals surface area contributed by atoms with Crippen LogP contribution in [0.5, 0.6) is 0 Å². The molecule has 2 heterocycles. The van der Waals surface area contributed by atoms with Crippen molar-refractivity contribution in [3.8, 4) is 22.3 Å². The molecule has 0 amide bonds. The number of furan rings is 1. The van der Waals surface area contributed by atoms with Crippen molar-refractivity contribution in [2.75, 3.05) is 0 Å². The molecule has 44 heavy (non-hydrogen) atoms. The van der Waals surface area contributed by atoms with Gasteiger partial charge in [-0.2, -0.15) is 0 Å². The molecule has 0 atom stereocenters. The van der Waals surface area contributed by atoms with Gasteiger partial charge in [0.15, 0.2) is 0 Å². The van der Waals surface area contributed by atoms with E-state index in [0.29, 0.717) is 0 Å². The molecule has 0 radical (unpaired) electrons. The van der Waals surface area contributed by atoms with E-state index < -0.39 is 7.12 Å². The molecule has 5 fully saturated rings. The van der Waals surface area contributed by atoms with E-state index >= 15 is 0 Å². The van der Waals surface area contributed by atoms with Gasteiger partial charge in [-0.25, -0.2) is 0 Å². The molecule has 0 N–H and O–H groups in total. The van der Waals surface area contributed by atoms with Crippen LogP contribution in [0.2, 0.25) is 0 Å². The average Bonchev–Trinajstić information content (AvgIpc) is 3.59. The fourth-order valence-corrected chi connectivity index (χ4v) is 10.5. The number of hydrogen-bond acceptors (Lipinski definition) is 3. The Balaban J connectivity index is 1.11. The summed E-state index contributed by atoms with van der Waals surface area (Å²) < 4.78 is 19.2.